The zero-order valence-corrected chi connectivity index (χ0v) is 11.3. The summed E-state index contributed by atoms with van der Waals surface area (Å²) in [7, 11) is 0. The molecule has 0 amide bonds. The molecule has 0 spiro atoms. The van der Waals surface area contributed by atoms with Gasteiger partial charge in [-0.3, -0.25) is 0 Å². The summed E-state index contributed by atoms with van der Waals surface area (Å²) in [5.74, 6) is -0.0598. The number of nitrogens with one attached hydrogen (secondary N) is 1. The van der Waals surface area contributed by atoms with Gasteiger partial charge in [-0.1, -0.05) is 29.8 Å². The zero-order valence-electron chi connectivity index (χ0n) is 10.5. The van der Waals surface area contributed by atoms with Crippen LogP contribution in [0.1, 0.15) is 24.1 Å². The van der Waals surface area contributed by atoms with Crippen molar-refractivity contribution in [2.45, 2.75) is 19.5 Å². The maximum absolute atomic E-state index is 13.6. The van der Waals surface area contributed by atoms with Crippen molar-refractivity contribution in [1.29, 1.82) is 0 Å². The molecular formula is C15H15ClFNO. The zero-order chi connectivity index (χ0) is 13.8. The van der Waals surface area contributed by atoms with Crippen LogP contribution in [0.15, 0.2) is 42.5 Å². The van der Waals surface area contributed by atoms with Crippen LogP contribution in [0.3, 0.4) is 0 Å². The molecule has 19 heavy (non-hydrogen) atoms. The van der Waals surface area contributed by atoms with Gasteiger partial charge >= 0.3 is 0 Å². The summed E-state index contributed by atoms with van der Waals surface area (Å²) in [5.41, 5.74) is 1.29. The van der Waals surface area contributed by atoms with E-state index in [4.69, 9.17) is 11.6 Å². The highest BCUT2D eigenvalue weighted by Gasteiger charge is 2.10. The molecule has 2 N–H and O–H groups in total. The second kappa shape index (κ2) is 6.04. The minimum atomic E-state index is -0.238. The third-order valence-corrected chi connectivity index (χ3v) is 3.25. The van der Waals surface area contributed by atoms with E-state index in [1.54, 1.807) is 36.4 Å². The Labute approximate surface area is 116 Å². The van der Waals surface area contributed by atoms with Crippen LogP contribution in [0.4, 0.5) is 4.39 Å². The Morgan fingerprint density at radius 1 is 1.26 bits per heavy atom. The maximum atomic E-state index is 13.6. The molecule has 4 heteroatoms. The summed E-state index contributed by atoms with van der Waals surface area (Å²) < 4.78 is 13.6. The van der Waals surface area contributed by atoms with E-state index in [0.29, 0.717) is 22.7 Å². The molecule has 0 aliphatic carbocycles. The highest BCUT2D eigenvalue weighted by molar-refractivity contribution is 6.30. The first-order valence-electron chi connectivity index (χ1n) is 6.03. The highest BCUT2D eigenvalue weighted by atomic mass is 35.5. The predicted molar refractivity (Wildman–Crippen MR) is 74.8 cm³/mol. The van der Waals surface area contributed by atoms with E-state index in [-0.39, 0.29) is 17.6 Å². The monoisotopic (exact) mass is 279 g/mol. The maximum Gasteiger partial charge on any atom is 0.127 e. The Hall–Kier alpha value is -1.58. The molecule has 0 saturated heterocycles. The molecule has 0 aliphatic heterocycles. The molecular weight excluding hydrogens is 265 g/mol. The molecule has 0 aromatic heterocycles. The van der Waals surface area contributed by atoms with E-state index in [1.807, 2.05) is 6.92 Å². The molecule has 0 heterocycles. The fraction of sp³-hybridized carbons (Fsp3) is 0.200. The molecule has 100 valence electrons. The van der Waals surface area contributed by atoms with Gasteiger partial charge in [-0.25, -0.2) is 4.39 Å². The van der Waals surface area contributed by atoms with E-state index < -0.39 is 0 Å². The van der Waals surface area contributed by atoms with Crippen molar-refractivity contribution in [2.75, 3.05) is 0 Å². The van der Waals surface area contributed by atoms with Crippen LogP contribution in [0.5, 0.6) is 5.75 Å². The molecule has 2 rings (SSSR count). The molecule has 1 atom stereocenters. The van der Waals surface area contributed by atoms with E-state index in [0.717, 1.165) is 0 Å². The fourth-order valence-electron chi connectivity index (χ4n) is 1.89. The van der Waals surface area contributed by atoms with Gasteiger partial charge in [-0.05, 0) is 31.2 Å². The largest absolute Gasteiger partial charge is 0.508 e. The van der Waals surface area contributed by atoms with Gasteiger partial charge in [0.05, 0.1) is 0 Å². The van der Waals surface area contributed by atoms with E-state index in [2.05, 4.69) is 5.32 Å². The van der Waals surface area contributed by atoms with Gasteiger partial charge in [0.25, 0.3) is 0 Å². The smallest absolute Gasteiger partial charge is 0.127 e. The lowest BCUT2D eigenvalue weighted by Gasteiger charge is -2.15. The average molecular weight is 280 g/mol. The highest BCUT2D eigenvalue weighted by Crippen LogP contribution is 2.23. The van der Waals surface area contributed by atoms with E-state index >= 15 is 0 Å². The minimum Gasteiger partial charge on any atom is -0.508 e. The Balaban J connectivity index is 2.06. The first kappa shape index (κ1) is 13.8. The standard InChI is InChI=1S/C15H15ClFNO/c1-10(13-4-2-3-5-14(13)17)18-9-11-8-12(16)6-7-15(11)19/h2-8,10,18-19H,9H2,1H3/t10-/m1/s1. The summed E-state index contributed by atoms with van der Waals surface area (Å²) in [6.07, 6.45) is 0. The topological polar surface area (TPSA) is 32.3 Å². The average Bonchev–Trinajstić information content (AvgIpc) is 2.40. The number of benzene rings is 2. The van der Waals surface area contributed by atoms with Gasteiger partial charge in [0.15, 0.2) is 0 Å². The number of aromatic hydroxyl groups is 1. The summed E-state index contributed by atoms with van der Waals surface area (Å²) >= 11 is 5.88. The Morgan fingerprint density at radius 2 is 2.00 bits per heavy atom. The number of phenolic OH excluding ortho intramolecular Hbond substituents is 1. The number of hydrogen-bond acceptors (Lipinski definition) is 2. The number of halogens is 2. The van der Waals surface area contributed by atoms with E-state index in [9.17, 15) is 9.50 Å². The number of phenols is 1. The van der Waals surface area contributed by atoms with Crippen molar-refractivity contribution >= 4 is 11.6 Å². The lowest BCUT2D eigenvalue weighted by atomic mass is 10.1. The fourth-order valence-corrected chi connectivity index (χ4v) is 2.09. The normalized spacial score (nSPS) is 12.4. The van der Waals surface area contributed by atoms with Gasteiger partial charge in [0.2, 0.25) is 0 Å². The molecule has 0 saturated carbocycles. The van der Waals surface area contributed by atoms with Crippen molar-refractivity contribution in [3.8, 4) is 5.75 Å². The first-order chi connectivity index (χ1) is 9.08. The van der Waals surface area contributed by atoms with Gasteiger partial charge in [-0.15, -0.1) is 0 Å². The second-order valence-electron chi connectivity index (χ2n) is 4.40. The van der Waals surface area contributed by atoms with Gasteiger partial charge < -0.3 is 10.4 Å². The van der Waals surface area contributed by atoms with Gasteiger partial charge in [0, 0.05) is 28.7 Å². The number of rotatable bonds is 4. The SMILES string of the molecule is C[C@@H](NCc1cc(Cl)ccc1O)c1ccccc1F. The lowest BCUT2D eigenvalue weighted by molar-refractivity contribution is 0.458. The summed E-state index contributed by atoms with van der Waals surface area (Å²) in [6, 6.07) is 11.3. The Kier molecular flexibility index (Phi) is 4.40. The van der Waals surface area contributed by atoms with Crippen LogP contribution in [-0.4, -0.2) is 5.11 Å². The van der Waals surface area contributed by atoms with Gasteiger partial charge in [0.1, 0.15) is 11.6 Å². The molecule has 0 radical (unpaired) electrons. The third kappa shape index (κ3) is 3.46. The van der Waals surface area contributed by atoms with Crippen molar-refractivity contribution in [3.05, 3.63) is 64.4 Å². The Bertz CT molecular complexity index is 574. The predicted octanol–water partition coefficient (Wildman–Crippen LogP) is 4.04. The molecule has 0 fully saturated rings. The van der Waals surface area contributed by atoms with Crippen molar-refractivity contribution < 1.29 is 9.50 Å². The summed E-state index contributed by atoms with van der Waals surface area (Å²) in [6.45, 7) is 2.29. The summed E-state index contributed by atoms with van der Waals surface area (Å²) in [4.78, 5) is 0. The third-order valence-electron chi connectivity index (χ3n) is 3.01. The van der Waals surface area contributed by atoms with Crippen LogP contribution in [-0.2, 0) is 6.54 Å². The molecule has 2 aromatic rings. The first-order valence-corrected chi connectivity index (χ1v) is 6.41. The lowest BCUT2D eigenvalue weighted by Crippen LogP contribution is -2.19. The quantitative estimate of drug-likeness (QED) is 0.885. The van der Waals surface area contributed by atoms with Crippen LogP contribution in [0.2, 0.25) is 5.02 Å². The van der Waals surface area contributed by atoms with Crippen LogP contribution >= 0.6 is 11.6 Å². The van der Waals surface area contributed by atoms with Crippen LogP contribution in [0, 0.1) is 5.82 Å². The molecule has 0 bridgehead atoms. The molecule has 2 aromatic carbocycles. The Morgan fingerprint density at radius 3 is 2.74 bits per heavy atom. The molecule has 0 aliphatic rings. The van der Waals surface area contributed by atoms with Gasteiger partial charge in [-0.2, -0.15) is 0 Å². The summed E-state index contributed by atoms with van der Waals surface area (Å²) in [5, 5.41) is 13.4. The minimum absolute atomic E-state index is 0.153. The van der Waals surface area contributed by atoms with Crippen molar-refractivity contribution in [1.82, 2.24) is 5.32 Å². The van der Waals surface area contributed by atoms with Crippen LogP contribution in [0.25, 0.3) is 0 Å². The number of hydrogen-bond donors (Lipinski definition) is 2. The second-order valence-corrected chi connectivity index (χ2v) is 4.83. The van der Waals surface area contributed by atoms with Crippen molar-refractivity contribution in [3.63, 3.8) is 0 Å². The molecule has 0 unspecified atom stereocenters. The van der Waals surface area contributed by atoms with Crippen molar-refractivity contribution in [2.24, 2.45) is 0 Å². The van der Waals surface area contributed by atoms with Crippen LogP contribution < -0.4 is 5.32 Å². The van der Waals surface area contributed by atoms with E-state index in [1.165, 1.54) is 6.07 Å². The molecule has 2 nitrogen and oxygen atoms in total.